The minimum Gasteiger partial charge on any atom is -0.382 e. The van der Waals surface area contributed by atoms with Gasteiger partial charge in [0, 0.05) is 23.5 Å². The van der Waals surface area contributed by atoms with Crippen LogP contribution in [-0.4, -0.2) is 16.2 Å². The molecule has 2 rings (SSSR count). The molecule has 18 heavy (non-hydrogen) atoms. The second-order valence-electron chi connectivity index (χ2n) is 4.95. The molecule has 3 nitrogen and oxygen atoms in total. The Bertz CT molecular complexity index is 474. The second kappa shape index (κ2) is 5.71. The molecule has 0 fully saturated rings. The normalized spacial score (nSPS) is 12.7. The predicted octanol–water partition coefficient (Wildman–Crippen LogP) is 3.92. The zero-order valence-corrected chi connectivity index (χ0v) is 11.3. The third-order valence-corrected chi connectivity index (χ3v) is 3.27. The highest BCUT2D eigenvalue weighted by Crippen LogP contribution is 2.22. The van der Waals surface area contributed by atoms with Gasteiger partial charge in [0.05, 0.1) is 5.69 Å². The van der Waals surface area contributed by atoms with Gasteiger partial charge in [0.1, 0.15) is 0 Å². The molecule has 0 bridgehead atoms. The minimum absolute atomic E-state index is 0.516. The molecular formula is C15H21N3. The van der Waals surface area contributed by atoms with Crippen LogP contribution in [0.5, 0.6) is 0 Å². The van der Waals surface area contributed by atoms with Crippen molar-refractivity contribution in [1.29, 1.82) is 0 Å². The number of aromatic nitrogens is 2. The number of benzene rings is 1. The van der Waals surface area contributed by atoms with E-state index in [4.69, 9.17) is 0 Å². The molecule has 1 unspecified atom stereocenters. The lowest BCUT2D eigenvalue weighted by atomic mass is 10.0. The summed E-state index contributed by atoms with van der Waals surface area (Å²) >= 11 is 0. The molecular weight excluding hydrogens is 222 g/mol. The molecule has 0 spiro atoms. The first-order valence-electron chi connectivity index (χ1n) is 6.57. The average molecular weight is 243 g/mol. The van der Waals surface area contributed by atoms with Gasteiger partial charge in [-0.15, -0.1) is 0 Å². The minimum atomic E-state index is 0.516. The van der Waals surface area contributed by atoms with Crippen molar-refractivity contribution in [2.45, 2.75) is 33.2 Å². The van der Waals surface area contributed by atoms with Gasteiger partial charge in [0.15, 0.2) is 0 Å². The first-order chi connectivity index (χ1) is 8.70. The van der Waals surface area contributed by atoms with Crippen molar-refractivity contribution < 1.29 is 0 Å². The maximum atomic E-state index is 3.99. The quantitative estimate of drug-likeness (QED) is 0.835. The van der Waals surface area contributed by atoms with Crippen molar-refractivity contribution in [2.24, 2.45) is 5.92 Å². The van der Waals surface area contributed by atoms with Gasteiger partial charge in [-0.25, -0.2) is 0 Å². The summed E-state index contributed by atoms with van der Waals surface area (Å²) in [5.41, 5.74) is 3.38. The molecule has 1 aromatic carbocycles. The van der Waals surface area contributed by atoms with Crippen LogP contribution >= 0.6 is 0 Å². The Morgan fingerprint density at radius 1 is 1.28 bits per heavy atom. The molecule has 0 saturated carbocycles. The fraction of sp³-hybridized carbons (Fsp3) is 0.400. The Labute approximate surface area is 109 Å². The highest BCUT2D eigenvalue weighted by Gasteiger charge is 2.10. The smallest absolute Gasteiger partial charge is 0.0650 e. The predicted molar refractivity (Wildman–Crippen MR) is 76.6 cm³/mol. The van der Waals surface area contributed by atoms with Gasteiger partial charge in [-0.2, -0.15) is 5.10 Å². The van der Waals surface area contributed by atoms with E-state index in [1.54, 1.807) is 6.20 Å². The number of nitrogens with one attached hydrogen (secondary N) is 2. The van der Waals surface area contributed by atoms with Crippen molar-refractivity contribution in [3.05, 3.63) is 36.5 Å². The summed E-state index contributed by atoms with van der Waals surface area (Å²) in [6.45, 7) is 6.72. The summed E-state index contributed by atoms with van der Waals surface area (Å²) in [7, 11) is 0. The van der Waals surface area contributed by atoms with E-state index in [-0.39, 0.29) is 0 Å². The average Bonchev–Trinajstić information content (AvgIpc) is 2.90. The maximum absolute atomic E-state index is 3.99. The van der Waals surface area contributed by atoms with Crippen molar-refractivity contribution in [3.8, 4) is 11.3 Å². The SMILES string of the molecule is CCC(Nc1cccc(-c2ccn[nH]2)c1)C(C)C. The Balaban J connectivity index is 2.17. The molecule has 2 N–H and O–H groups in total. The number of rotatable bonds is 5. The van der Waals surface area contributed by atoms with E-state index >= 15 is 0 Å². The van der Waals surface area contributed by atoms with Crippen LogP contribution in [0.3, 0.4) is 0 Å². The molecule has 1 aromatic heterocycles. The number of hydrogen-bond acceptors (Lipinski definition) is 2. The molecule has 1 heterocycles. The first kappa shape index (κ1) is 12.7. The Hall–Kier alpha value is -1.77. The standard InChI is InChI=1S/C15H21N3/c1-4-14(11(2)3)17-13-7-5-6-12(10-13)15-8-9-16-18-15/h5-11,14,17H,4H2,1-3H3,(H,16,18). The van der Waals surface area contributed by atoms with Crippen molar-refractivity contribution in [1.82, 2.24) is 10.2 Å². The fourth-order valence-corrected chi connectivity index (χ4v) is 2.15. The van der Waals surface area contributed by atoms with E-state index in [9.17, 15) is 0 Å². The van der Waals surface area contributed by atoms with Crippen LogP contribution in [0, 0.1) is 5.92 Å². The Morgan fingerprint density at radius 2 is 2.11 bits per heavy atom. The number of aromatic amines is 1. The lowest BCUT2D eigenvalue weighted by molar-refractivity contribution is 0.511. The largest absolute Gasteiger partial charge is 0.382 e. The van der Waals surface area contributed by atoms with Crippen molar-refractivity contribution >= 4 is 5.69 Å². The summed E-state index contributed by atoms with van der Waals surface area (Å²) in [6, 6.07) is 10.9. The topological polar surface area (TPSA) is 40.7 Å². The van der Waals surface area contributed by atoms with Crippen LogP contribution in [0.15, 0.2) is 36.5 Å². The summed E-state index contributed by atoms with van der Waals surface area (Å²) < 4.78 is 0. The van der Waals surface area contributed by atoms with Gasteiger partial charge in [-0.05, 0) is 30.5 Å². The van der Waals surface area contributed by atoms with Gasteiger partial charge < -0.3 is 5.32 Å². The van der Waals surface area contributed by atoms with Crippen LogP contribution < -0.4 is 5.32 Å². The molecule has 0 saturated heterocycles. The van der Waals surface area contributed by atoms with Crippen molar-refractivity contribution in [2.75, 3.05) is 5.32 Å². The highest BCUT2D eigenvalue weighted by atomic mass is 15.1. The summed E-state index contributed by atoms with van der Waals surface area (Å²) in [4.78, 5) is 0. The summed E-state index contributed by atoms with van der Waals surface area (Å²) in [5, 5.41) is 10.6. The van der Waals surface area contributed by atoms with E-state index in [1.807, 2.05) is 6.07 Å². The van der Waals surface area contributed by atoms with Crippen LogP contribution in [0.4, 0.5) is 5.69 Å². The molecule has 2 aromatic rings. The monoisotopic (exact) mass is 243 g/mol. The van der Waals surface area contributed by atoms with E-state index in [1.165, 1.54) is 5.69 Å². The van der Waals surface area contributed by atoms with Gasteiger partial charge in [-0.1, -0.05) is 32.9 Å². The Morgan fingerprint density at radius 3 is 2.72 bits per heavy atom. The summed E-state index contributed by atoms with van der Waals surface area (Å²) in [5.74, 6) is 0.630. The van der Waals surface area contributed by atoms with E-state index < -0.39 is 0 Å². The molecule has 0 aliphatic rings. The van der Waals surface area contributed by atoms with E-state index in [0.29, 0.717) is 12.0 Å². The molecule has 96 valence electrons. The first-order valence-corrected chi connectivity index (χ1v) is 6.57. The molecule has 0 radical (unpaired) electrons. The van der Waals surface area contributed by atoms with Gasteiger partial charge in [-0.3, -0.25) is 5.10 Å². The lowest BCUT2D eigenvalue weighted by Crippen LogP contribution is -2.24. The zero-order valence-electron chi connectivity index (χ0n) is 11.3. The lowest BCUT2D eigenvalue weighted by Gasteiger charge is -2.22. The van der Waals surface area contributed by atoms with E-state index in [2.05, 4.69) is 60.6 Å². The van der Waals surface area contributed by atoms with Gasteiger partial charge >= 0.3 is 0 Å². The van der Waals surface area contributed by atoms with Crippen LogP contribution in [0.2, 0.25) is 0 Å². The molecule has 1 atom stereocenters. The number of nitrogens with zero attached hydrogens (tertiary/aromatic N) is 1. The van der Waals surface area contributed by atoms with E-state index in [0.717, 1.165) is 17.7 Å². The number of H-pyrrole nitrogens is 1. The third-order valence-electron chi connectivity index (χ3n) is 3.27. The number of anilines is 1. The van der Waals surface area contributed by atoms with Crippen LogP contribution in [0.1, 0.15) is 27.2 Å². The zero-order chi connectivity index (χ0) is 13.0. The van der Waals surface area contributed by atoms with Crippen LogP contribution in [-0.2, 0) is 0 Å². The number of hydrogen-bond donors (Lipinski definition) is 2. The second-order valence-corrected chi connectivity index (χ2v) is 4.95. The third kappa shape index (κ3) is 2.92. The maximum Gasteiger partial charge on any atom is 0.0650 e. The summed E-state index contributed by atoms with van der Waals surface area (Å²) in [6.07, 6.45) is 2.91. The van der Waals surface area contributed by atoms with Crippen molar-refractivity contribution in [3.63, 3.8) is 0 Å². The molecule has 3 heteroatoms. The Kier molecular flexibility index (Phi) is 4.03. The molecule has 0 aliphatic carbocycles. The molecule has 0 aliphatic heterocycles. The highest BCUT2D eigenvalue weighted by molar-refractivity contribution is 5.64. The van der Waals surface area contributed by atoms with Gasteiger partial charge in [0.25, 0.3) is 0 Å². The van der Waals surface area contributed by atoms with Crippen LogP contribution in [0.25, 0.3) is 11.3 Å². The van der Waals surface area contributed by atoms with Gasteiger partial charge in [0.2, 0.25) is 0 Å². The molecule has 0 amide bonds. The fourth-order valence-electron chi connectivity index (χ4n) is 2.15.